The molecule has 2 unspecified atom stereocenters. The van der Waals surface area contributed by atoms with Gasteiger partial charge in [-0.2, -0.15) is 14.6 Å². The number of hydrogen-bond acceptors (Lipinski definition) is 5. The predicted molar refractivity (Wildman–Crippen MR) is 76.6 cm³/mol. The Morgan fingerprint density at radius 2 is 2.40 bits per heavy atom. The van der Waals surface area contributed by atoms with Gasteiger partial charge in [0.2, 0.25) is 0 Å². The van der Waals surface area contributed by atoms with Crippen molar-refractivity contribution in [1.82, 2.24) is 19.6 Å². The molecule has 0 saturated heterocycles. The predicted octanol–water partition coefficient (Wildman–Crippen LogP) is 1.79. The first kappa shape index (κ1) is 13.3. The van der Waals surface area contributed by atoms with Crippen LogP contribution in [-0.4, -0.2) is 36.8 Å². The van der Waals surface area contributed by atoms with Gasteiger partial charge in [0, 0.05) is 11.8 Å². The summed E-state index contributed by atoms with van der Waals surface area (Å²) in [5.74, 6) is 2.06. The van der Waals surface area contributed by atoms with E-state index in [-0.39, 0.29) is 12.1 Å². The van der Waals surface area contributed by atoms with Gasteiger partial charge in [-0.25, -0.2) is 4.98 Å². The largest absolute Gasteiger partial charge is 0.394 e. The molecule has 3 rings (SSSR count). The van der Waals surface area contributed by atoms with Gasteiger partial charge in [-0.15, -0.1) is 0 Å². The molecular weight excluding hydrogens is 254 g/mol. The van der Waals surface area contributed by atoms with Crippen LogP contribution in [0.25, 0.3) is 5.78 Å². The second-order valence-electron chi connectivity index (χ2n) is 6.02. The molecule has 1 aliphatic rings. The lowest BCUT2D eigenvalue weighted by Crippen LogP contribution is -2.46. The van der Waals surface area contributed by atoms with Crippen molar-refractivity contribution in [3.05, 3.63) is 18.1 Å². The van der Waals surface area contributed by atoms with Crippen molar-refractivity contribution in [2.45, 2.75) is 45.1 Å². The summed E-state index contributed by atoms with van der Waals surface area (Å²) in [6.07, 6.45) is 5.82. The second-order valence-corrected chi connectivity index (χ2v) is 6.02. The SMILES string of the molecule is Cc1cc(NC2(CO)CCCC(C)C2)n2ncnc2n1. The van der Waals surface area contributed by atoms with Crippen molar-refractivity contribution < 1.29 is 5.11 Å². The first-order valence-corrected chi connectivity index (χ1v) is 7.18. The Bertz CT molecular complexity index is 611. The van der Waals surface area contributed by atoms with Crippen molar-refractivity contribution in [3.63, 3.8) is 0 Å². The van der Waals surface area contributed by atoms with E-state index >= 15 is 0 Å². The van der Waals surface area contributed by atoms with Gasteiger partial charge in [-0.05, 0) is 25.7 Å². The average molecular weight is 275 g/mol. The Morgan fingerprint density at radius 1 is 1.55 bits per heavy atom. The second kappa shape index (κ2) is 5.01. The molecule has 20 heavy (non-hydrogen) atoms. The number of fused-ring (bicyclic) bond motifs is 1. The third-order valence-electron chi connectivity index (χ3n) is 4.17. The van der Waals surface area contributed by atoms with Gasteiger partial charge >= 0.3 is 0 Å². The van der Waals surface area contributed by atoms with Crippen LogP contribution in [-0.2, 0) is 0 Å². The Labute approximate surface area is 118 Å². The maximum Gasteiger partial charge on any atom is 0.254 e. The summed E-state index contributed by atoms with van der Waals surface area (Å²) >= 11 is 0. The standard InChI is InChI=1S/C14H21N5O/c1-10-4-3-5-14(7-10,8-20)18-12-6-11(2)17-13-15-9-16-19(12)13/h6,9-10,18,20H,3-5,7-8H2,1-2H3. The molecule has 0 aromatic carbocycles. The highest BCUT2D eigenvalue weighted by Gasteiger charge is 2.35. The van der Waals surface area contributed by atoms with Crippen LogP contribution in [0.5, 0.6) is 0 Å². The molecule has 2 heterocycles. The number of aliphatic hydroxyl groups excluding tert-OH is 1. The van der Waals surface area contributed by atoms with Crippen LogP contribution < -0.4 is 5.32 Å². The molecule has 0 aliphatic heterocycles. The fraction of sp³-hybridized carbons (Fsp3) is 0.643. The summed E-state index contributed by atoms with van der Waals surface area (Å²) in [5, 5.41) is 17.6. The maximum absolute atomic E-state index is 9.89. The summed E-state index contributed by atoms with van der Waals surface area (Å²) in [5.41, 5.74) is 0.634. The van der Waals surface area contributed by atoms with Gasteiger partial charge in [-0.1, -0.05) is 19.8 Å². The van der Waals surface area contributed by atoms with Crippen molar-refractivity contribution in [1.29, 1.82) is 0 Å². The first-order chi connectivity index (χ1) is 9.62. The number of nitrogens with one attached hydrogen (secondary N) is 1. The average Bonchev–Trinajstić information content (AvgIpc) is 2.87. The molecule has 1 fully saturated rings. The van der Waals surface area contributed by atoms with E-state index in [1.54, 1.807) is 4.52 Å². The van der Waals surface area contributed by atoms with E-state index in [1.807, 2.05) is 13.0 Å². The fourth-order valence-corrected chi connectivity index (χ4v) is 3.25. The number of nitrogens with zero attached hydrogens (tertiary/aromatic N) is 4. The molecule has 2 atom stereocenters. The van der Waals surface area contributed by atoms with Crippen LogP contribution in [0.4, 0.5) is 5.82 Å². The van der Waals surface area contributed by atoms with E-state index in [1.165, 1.54) is 12.7 Å². The zero-order chi connectivity index (χ0) is 14.2. The van der Waals surface area contributed by atoms with Crippen LogP contribution in [0.3, 0.4) is 0 Å². The van der Waals surface area contributed by atoms with Gasteiger partial charge in [0.25, 0.3) is 5.78 Å². The normalized spacial score (nSPS) is 26.9. The van der Waals surface area contributed by atoms with Gasteiger partial charge in [-0.3, -0.25) is 0 Å². The summed E-state index contributed by atoms with van der Waals surface area (Å²) < 4.78 is 1.70. The number of aryl methyl sites for hydroxylation is 1. The van der Waals surface area contributed by atoms with Crippen LogP contribution in [0.1, 0.15) is 38.3 Å². The zero-order valence-electron chi connectivity index (χ0n) is 12.0. The maximum atomic E-state index is 9.89. The molecule has 0 amide bonds. The molecule has 0 spiro atoms. The Morgan fingerprint density at radius 3 is 3.15 bits per heavy atom. The first-order valence-electron chi connectivity index (χ1n) is 7.18. The van der Waals surface area contributed by atoms with Crippen molar-refractivity contribution >= 4 is 11.6 Å². The number of rotatable bonds is 3. The van der Waals surface area contributed by atoms with Crippen LogP contribution in [0.2, 0.25) is 0 Å². The fourth-order valence-electron chi connectivity index (χ4n) is 3.25. The molecule has 108 valence electrons. The van der Waals surface area contributed by atoms with E-state index in [9.17, 15) is 5.11 Å². The van der Waals surface area contributed by atoms with E-state index in [0.29, 0.717) is 11.7 Å². The summed E-state index contributed by atoms with van der Waals surface area (Å²) in [4.78, 5) is 8.47. The van der Waals surface area contributed by atoms with E-state index < -0.39 is 0 Å². The van der Waals surface area contributed by atoms with Crippen LogP contribution >= 0.6 is 0 Å². The molecule has 6 heteroatoms. The molecule has 1 saturated carbocycles. The Hall–Kier alpha value is -1.69. The monoisotopic (exact) mass is 275 g/mol. The number of hydrogen-bond donors (Lipinski definition) is 2. The number of aliphatic hydroxyl groups is 1. The minimum atomic E-state index is -0.260. The zero-order valence-corrected chi connectivity index (χ0v) is 12.0. The minimum absolute atomic E-state index is 0.134. The molecule has 1 aliphatic carbocycles. The van der Waals surface area contributed by atoms with E-state index in [4.69, 9.17) is 0 Å². The molecular formula is C14H21N5O. The lowest BCUT2D eigenvalue weighted by Gasteiger charge is -2.40. The Kier molecular flexibility index (Phi) is 3.33. The summed E-state index contributed by atoms with van der Waals surface area (Å²) in [7, 11) is 0. The van der Waals surface area contributed by atoms with Crippen LogP contribution in [0.15, 0.2) is 12.4 Å². The number of aromatic nitrogens is 4. The topological polar surface area (TPSA) is 75.3 Å². The number of anilines is 1. The van der Waals surface area contributed by atoms with Crippen molar-refractivity contribution in [2.24, 2.45) is 5.92 Å². The lowest BCUT2D eigenvalue weighted by molar-refractivity contribution is 0.149. The highest BCUT2D eigenvalue weighted by molar-refractivity contribution is 5.46. The minimum Gasteiger partial charge on any atom is -0.394 e. The molecule has 0 bridgehead atoms. The van der Waals surface area contributed by atoms with Gasteiger partial charge in [0.15, 0.2) is 0 Å². The summed E-state index contributed by atoms with van der Waals surface area (Å²) in [6.45, 7) is 4.32. The van der Waals surface area contributed by atoms with E-state index in [0.717, 1.165) is 30.8 Å². The van der Waals surface area contributed by atoms with Gasteiger partial charge in [0.05, 0.1) is 12.1 Å². The summed E-state index contributed by atoms with van der Waals surface area (Å²) in [6, 6.07) is 1.96. The van der Waals surface area contributed by atoms with E-state index in [2.05, 4.69) is 27.3 Å². The van der Waals surface area contributed by atoms with Gasteiger partial charge in [0.1, 0.15) is 12.1 Å². The molecule has 2 aromatic heterocycles. The Balaban J connectivity index is 1.96. The molecule has 6 nitrogen and oxygen atoms in total. The van der Waals surface area contributed by atoms with Gasteiger partial charge < -0.3 is 10.4 Å². The quantitative estimate of drug-likeness (QED) is 0.893. The molecule has 0 radical (unpaired) electrons. The molecule has 2 N–H and O–H groups in total. The third kappa shape index (κ3) is 2.35. The molecule has 2 aromatic rings. The van der Waals surface area contributed by atoms with Crippen LogP contribution in [0, 0.1) is 12.8 Å². The lowest BCUT2D eigenvalue weighted by atomic mass is 9.77. The van der Waals surface area contributed by atoms with Crippen molar-refractivity contribution in [3.8, 4) is 0 Å². The van der Waals surface area contributed by atoms with Crippen molar-refractivity contribution in [2.75, 3.05) is 11.9 Å². The highest BCUT2D eigenvalue weighted by atomic mass is 16.3. The smallest absolute Gasteiger partial charge is 0.254 e. The third-order valence-corrected chi connectivity index (χ3v) is 4.17. The highest BCUT2D eigenvalue weighted by Crippen LogP contribution is 2.34.